The molecule has 0 saturated heterocycles. The van der Waals surface area contributed by atoms with Crippen molar-refractivity contribution in [1.29, 1.82) is 0 Å². The molecule has 0 heterocycles. The number of rotatable bonds is 13. The van der Waals surface area contributed by atoms with Crippen LogP contribution in [0.15, 0.2) is 12.7 Å². The summed E-state index contributed by atoms with van der Waals surface area (Å²) in [7, 11) is 1.76. The molecular weight excluding hydrogens is 224 g/mol. The summed E-state index contributed by atoms with van der Waals surface area (Å²) in [5.41, 5.74) is 0. The van der Waals surface area contributed by atoms with Crippen LogP contribution in [0.25, 0.3) is 0 Å². The van der Waals surface area contributed by atoms with Gasteiger partial charge in [0.15, 0.2) is 0 Å². The fourth-order valence-corrected chi connectivity index (χ4v) is 2.10. The van der Waals surface area contributed by atoms with Crippen LogP contribution in [-0.4, -0.2) is 50.8 Å². The zero-order chi connectivity index (χ0) is 13.1. The number of hydrogen-bond donors (Lipinski definition) is 1. The Bertz CT molecular complexity index is 205. The second kappa shape index (κ2) is 10.5. The van der Waals surface area contributed by atoms with Crippen LogP contribution in [0.2, 0.25) is 0 Å². The number of ether oxygens (including phenoxy) is 1. The van der Waals surface area contributed by atoms with Crippen LogP contribution >= 0.6 is 0 Å². The van der Waals surface area contributed by atoms with E-state index in [2.05, 4.69) is 16.8 Å². The molecule has 0 spiro atoms. The first-order valence-corrected chi connectivity index (χ1v) is 7.42. The molecule has 106 valence electrons. The maximum absolute atomic E-state index is 5.12. The van der Waals surface area contributed by atoms with Crippen molar-refractivity contribution in [1.82, 2.24) is 10.2 Å². The number of unbranched alkanes of at least 4 members (excludes halogenated alkanes) is 3. The Kier molecular flexibility index (Phi) is 9.17. The molecule has 0 aliphatic heterocycles. The third-order valence-electron chi connectivity index (χ3n) is 3.41. The van der Waals surface area contributed by atoms with Crippen LogP contribution in [0.4, 0.5) is 0 Å². The fourth-order valence-electron chi connectivity index (χ4n) is 2.10. The summed E-state index contributed by atoms with van der Waals surface area (Å²) in [6.45, 7) is 9.01. The van der Waals surface area contributed by atoms with Crippen molar-refractivity contribution in [2.24, 2.45) is 0 Å². The highest BCUT2D eigenvalue weighted by Gasteiger charge is 2.19. The van der Waals surface area contributed by atoms with Crippen LogP contribution in [0.1, 0.15) is 38.5 Å². The summed E-state index contributed by atoms with van der Waals surface area (Å²) >= 11 is 0. The summed E-state index contributed by atoms with van der Waals surface area (Å²) < 4.78 is 5.12. The molecule has 1 aliphatic rings. The zero-order valence-electron chi connectivity index (χ0n) is 12.0. The molecule has 1 fully saturated rings. The number of hydrogen-bond acceptors (Lipinski definition) is 3. The average Bonchev–Trinajstić information content (AvgIpc) is 3.18. The van der Waals surface area contributed by atoms with Crippen molar-refractivity contribution >= 4 is 0 Å². The van der Waals surface area contributed by atoms with E-state index in [1.165, 1.54) is 51.6 Å². The minimum absolute atomic E-state index is 0.819. The van der Waals surface area contributed by atoms with Gasteiger partial charge in [-0.05, 0) is 38.8 Å². The molecule has 3 nitrogen and oxygen atoms in total. The van der Waals surface area contributed by atoms with Gasteiger partial charge in [-0.2, -0.15) is 0 Å². The van der Waals surface area contributed by atoms with E-state index < -0.39 is 0 Å². The average molecular weight is 254 g/mol. The van der Waals surface area contributed by atoms with E-state index in [0.29, 0.717) is 0 Å². The van der Waals surface area contributed by atoms with Gasteiger partial charge in [-0.25, -0.2) is 0 Å². The van der Waals surface area contributed by atoms with Gasteiger partial charge in [0.05, 0.1) is 6.61 Å². The Labute approximate surface area is 113 Å². The lowest BCUT2D eigenvalue weighted by atomic mass is 10.2. The lowest BCUT2D eigenvalue weighted by molar-refractivity contribution is 0.153. The Hall–Kier alpha value is -0.380. The molecule has 1 rings (SSSR count). The minimum atomic E-state index is 0.819. The van der Waals surface area contributed by atoms with Gasteiger partial charge < -0.3 is 10.1 Å². The van der Waals surface area contributed by atoms with Crippen molar-refractivity contribution in [2.75, 3.05) is 39.9 Å². The van der Waals surface area contributed by atoms with E-state index in [1.54, 1.807) is 7.11 Å². The lowest BCUT2D eigenvalue weighted by Crippen LogP contribution is -2.28. The summed E-state index contributed by atoms with van der Waals surface area (Å²) in [6, 6.07) is 0.863. The van der Waals surface area contributed by atoms with E-state index in [-0.39, 0.29) is 0 Å². The Morgan fingerprint density at radius 1 is 1.22 bits per heavy atom. The van der Waals surface area contributed by atoms with Crippen molar-refractivity contribution in [3.63, 3.8) is 0 Å². The van der Waals surface area contributed by atoms with E-state index in [0.717, 1.165) is 25.7 Å². The molecule has 18 heavy (non-hydrogen) atoms. The molecule has 0 radical (unpaired) electrons. The summed E-state index contributed by atoms with van der Waals surface area (Å²) in [4.78, 5) is 2.42. The smallest absolute Gasteiger partial charge is 0.0589 e. The lowest BCUT2D eigenvalue weighted by Gasteiger charge is -2.19. The molecule has 0 aromatic carbocycles. The molecule has 1 N–H and O–H groups in total. The standard InChI is InChI=1S/C15H30N2O/c1-3-11-17(13-14-18-2)12-7-5-4-6-10-16-15-8-9-15/h3,15-16H,1,4-14H2,2H3. The van der Waals surface area contributed by atoms with Gasteiger partial charge in [-0.3, -0.25) is 4.90 Å². The third-order valence-corrected chi connectivity index (χ3v) is 3.41. The molecule has 0 unspecified atom stereocenters. The van der Waals surface area contributed by atoms with Crippen molar-refractivity contribution in [2.45, 2.75) is 44.6 Å². The van der Waals surface area contributed by atoms with Gasteiger partial charge in [0.25, 0.3) is 0 Å². The van der Waals surface area contributed by atoms with E-state index >= 15 is 0 Å². The van der Waals surface area contributed by atoms with E-state index in [9.17, 15) is 0 Å². The van der Waals surface area contributed by atoms with Crippen molar-refractivity contribution < 1.29 is 4.74 Å². The second-order valence-electron chi connectivity index (χ2n) is 5.22. The quantitative estimate of drug-likeness (QED) is 0.403. The summed E-state index contributed by atoms with van der Waals surface area (Å²) in [5.74, 6) is 0. The molecule has 0 aromatic heterocycles. The zero-order valence-corrected chi connectivity index (χ0v) is 12.0. The Morgan fingerprint density at radius 2 is 2.00 bits per heavy atom. The number of methoxy groups -OCH3 is 1. The van der Waals surface area contributed by atoms with E-state index in [4.69, 9.17) is 4.74 Å². The minimum Gasteiger partial charge on any atom is -0.383 e. The van der Waals surface area contributed by atoms with Gasteiger partial charge in [0, 0.05) is 26.2 Å². The molecular formula is C15H30N2O. The molecule has 0 atom stereocenters. The first-order valence-electron chi connectivity index (χ1n) is 7.42. The van der Waals surface area contributed by atoms with Gasteiger partial charge >= 0.3 is 0 Å². The van der Waals surface area contributed by atoms with Crippen molar-refractivity contribution in [3.8, 4) is 0 Å². The van der Waals surface area contributed by atoms with Crippen LogP contribution in [0, 0.1) is 0 Å². The second-order valence-corrected chi connectivity index (χ2v) is 5.22. The maximum Gasteiger partial charge on any atom is 0.0589 e. The predicted octanol–water partition coefficient (Wildman–Crippen LogP) is 2.43. The first kappa shape index (κ1) is 15.7. The van der Waals surface area contributed by atoms with Crippen molar-refractivity contribution in [3.05, 3.63) is 12.7 Å². The maximum atomic E-state index is 5.12. The van der Waals surface area contributed by atoms with E-state index in [1.807, 2.05) is 6.08 Å². The molecule has 0 amide bonds. The SMILES string of the molecule is C=CCN(CCCCCCNC1CC1)CCOC. The van der Waals surface area contributed by atoms with Crippen LogP contribution in [0.3, 0.4) is 0 Å². The molecule has 1 saturated carbocycles. The number of nitrogens with zero attached hydrogens (tertiary/aromatic N) is 1. The first-order chi connectivity index (χ1) is 8.86. The molecule has 3 heteroatoms. The van der Waals surface area contributed by atoms with Crippen LogP contribution < -0.4 is 5.32 Å². The van der Waals surface area contributed by atoms with Crippen LogP contribution in [0.5, 0.6) is 0 Å². The topological polar surface area (TPSA) is 24.5 Å². The van der Waals surface area contributed by atoms with Gasteiger partial charge in [0.2, 0.25) is 0 Å². The highest BCUT2D eigenvalue weighted by molar-refractivity contribution is 4.80. The predicted molar refractivity (Wildman–Crippen MR) is 78.0 cm³/mol. The highest BCUT2D eigenvalue weighted by Crippen LogP contribution is 2.18. The molecule has 0 bridgehead atoms. The fraction of sp³-hybridized carbons (Fsp3) is 0.867. The largest absolute Gasteiger partial charge is 0.383 e. The van der Waals surface area contributed by atoms with Crippen LogP contribution in [-0.2, 0) is 4.74 Å². The van der Waals surface area contributed by atoms with Gasteiger partial charge in [0.1, 0.15) is 0 Å². The Morgan fingerprint density at radius 3 is 2.67 bits per heavy atom. The summed E-state index contributed by atoms with van der Waals surface area (Å²) in [5, 5.41) is 3.56. The van der Waals surface area contributed by atoms with Gasteiger partial charge in [-0.1, -0.05) is 18.9 Å². The third kappa shape index (κ3) is 8.67. The van der Waals surface area contributed by atoms with Gasteiger partial charge in [-0.15, -0.1) is 6.58 Å². The normalized spacial score (nSPS) is 15.2. The number of nitrogens with one attached hydrogen (secondary N) is 1. The summed E-state index contributed by atoms with van der Waals surface area (Å²) in [6.07, 6.45) is 10.1. The molecule has 1 aliphatic carbocycles. The Balaban J connectivity index is 1.87. The highest BCUT2D eigenvalue weighted by atomic mass is 16.5. The monoisotopic (exact) mass is 254 g/mol. The molecule has 0 aromatic rings.